The lowest BCUT2D eigenvalue weighted by molar-refractivity contribution is 0.0689. The predicted molar refractivity (Wildman–Crippen MR) is 34.8 cm³/mol. The van der Waals surface area contributed by atoms with E-state index in [-0.39, 0.29) is 12.2 Å². The average Bonchev–Trinajstić information content (AvgIpc) is 2.33. The molecule has 0 unspecified atom stereocenters. The van der Waals surface area contributed by atoms with Gasteiger partial charge in [0.1, 0.15) is 0 Å². The number of carboxylic acid groups (broad SMARTS) is 1. The van der Waals surface area contributed by atoms with Crippen LogP contribution in [0.15, 0.2) is 0 Å². The lowest BCUT2D eigenvalue weighted by atomic mass is 10.4. The Labute approximate surface area is 60.6 Å². The van der Waals surface area contributed by atoms with Gasteiger partial charge in [-0.1, -0.05) is 4.49 Å². The van der Waals surface area contributed by atoms with Gasteiger partial charge in [0, 0.05) is 6.54 Å². The maximum Gasteiger partial charge on any atom is 0.357 e. The summed E-state index contributed by atoms with van der Waals surface area (Å²) in [5.41, 5.74) is 5.17. The summed E-state index contributed by atoms with van der Waals surface area (Å²) in [4.78, 5) is 10.8. The highest BCUT2D eigenvalue weighted by atomic mass is 32.1. The van der Waals surface area contributed by atoms with Crippen LogP contribution < -0.4 is 5.73 Å². The summed E-state index contributed by atoms with van der Waals surface area (Å²) in [6, 6.07) is 0. The Morgan fingerprint density at radius 2 is 2.50 bits per heavy atom. The molecule has 0 amide bonds. The molecule has 6 heteroatoms. The van der Waals surface area contributed by atoms with Gasteiger partial charge < -0.3 is 10.8 Å². The minimum Gasteiger partial charge on any atom is -0.476 e. The van der Waals surface area contributed by atoms with E-state index in [2.05, 4.69) is 9.59 Å². The Morgan fingerprint density at radius 1 is 1.80 bits per heavy atom. The molecule has 0 fully saturated rings. The first-order chi connectivity index (χ1) is 4.75. The molecular formula is C4H5N3O2S. The molecular weight excluding hydrogens is 154 g/mol. The number of rotatable bonds is 2. The van der Waals surface area contributed by atoms with Crippen LogP contribution in [0.3, 0.4) is 0 Å². The third-order valence-corrected chi connectivity index (χ3v) is 1.69. The molecule has 0 bridgehead atoms. The third-order valence-electron chi connectivity index (χ3n) is 0.944. The monoisotopic (exact) mass is 159 g/mol. The second-order valence-electron chi connectivity index (χ2n) is 1.55. The molecule has 0 aromatic carbocycles. The van der Waals surface area contributed by atoms with E-state index >= 15 is 0 Å². The molecule has 1 aromatic rings. The van der Waals surface area contributed by atoms with Crippen molar-refractivity contribution in [3.8, 4) is 0 Å². The van der Waals surface area contributed by atoms with Gasteiger partial charge in [0.15, 0.2) is 5.69 Å². The molecule has 0 radical (unpaired) electrons. The largest absolute Gasteiger partial charge is 0.476 e. The molecule has 54 valence electrons. The van der Waals surface area contributed by atoms with E-state index in [1.54, 1.807) is 0 Å². The van der Waals surface area contributed by atoms with Crippen LogP contribution in [0.4, 0.5) is 0 Å². The molecule has 3 N–H and O–H groups in total. The van der Waals surface area contributed by atoms with E-state index < -0.39 is 5.97 Å². The maximum absolute atomic E-state index is 10.3. The zero-order valence-electron chi connectivity index (χ0n) is 4.94. The van der Waals surface area contributed by atoms with E-state index in [1.807, 2.05) is 0 Å². The van der Waals surface area contributed by atoms with Gasteiger partial charge in [-0.25, -0.2) is 4.79 Å². The van der Waals surface area contributed by atoms with Gasteiger partial charge in [-0.05, 0) is 11.5 Å². The second-order valence-corrected chi connectivity index (χ2v) is 2.39. The normalized spacial score (nSPS) is 9.70. The summed E-state index contributed by atoms with van der Waals surface area (Å²) < 4.78 is 3.45. The molecule has 5 nitrogen and oxygen atoms in total. The minimum absolute atomic E-state index is 0.0347. The SMILES string of the molecule is NCc1snnc1C(=O)O. The van der Waals surface area contributed by atoms with E-state index in [0.29, 0.717) is 4.88 Å². The highest BCUT2D eigenvalue weighted by Crippen LogP contribution is 2.08. The maximum atomic E-state index is 10.3. The summed E-state index contributed by atoms with van der Waals surface area (Å²) in [6.07, 6.45) is 0. The Balaban J connectivity index is 3.01. The molecule has 1 rings (SSSR count). The van der Waals surface area contributed by atoms with Gasteiger partial charge in [-0.2, -0.15) is 0 Å². The van der Waals surface area contributed by atoms with Crippen LogP contribution in [0.1, 0.15) is 15.4 Å². The number of nitrogens with zero attached hydrogens (tertiary/aromatic N) is 2. The van der Waals surface area contributed by atoms with Crippen molar-refractivity contribution in [2.45, 2.75) is 6.54 Å². The first-order valence-corrected chi connectivity index (χ1v) is 3.27. The first kappa shape index (κ1) is 7.10. The quantitative estimate of drug-likeness (QED) is 0.618. The van der Waals surface area contributed by atoms with Crippen LogP contribution in [0.2, 0.25) is 0 Å². The van der Waals surface area contributed by atoms with Crippen molar-refractivity contribution in [3.05, 3.63) is 10.6 Å². The molecule has 1 heterocycles. The lowest BCUT2D eigenvalue weighted by Gasteiger charge is -1.87. The highest BCUT2D eigenvalue weighted by Gasteiger charge is 2.12. The lowest BCUT2D eigenvalue weighted by Crippen LogP contribution is -2.04. The average molecular weight is 159 g/mol. The summed E-state index contributed by atoms with van der Waals surface area (Å²) in [5.74, 6) is -1.07. The number of hydrogen-bond acceptors (Lipinski definition) is 5. The smallest absolute Gasteiger partial charge is 0.357 e. The summed E-state index contributed by atoms with van der Waals surface area (Å²) >= 11 is 1.01. The third kappa shape index (κ3) is 1.12. The van der Waals surface area contributed by atoms with Crippen LogP contribution in [0.5, 0.6) is 0 Å². The Morgan fingerprint density at radius 3 is 2.90 bits per heavy atom. The van der Waals surface area contributed by atoms with Crippen molar-refractivity contribution >= 4 is 17.5 Å². The van der Waals surface area contributed by atoms with Gasteiger partial charge in [-0.3, -0.25) is 0 Å². The van der Waals surface area contributed by atoms with Crippen LogP contribution >= 0.6 is 11.5 Å². The minimum atomic E-state index is -1.07. The van der Waals surface area contributed by atoms with Crippen LogP contribution in [-0.2, 0) is 6.54 Å². The van der Waals surface area contributed by atoms with E-state index in [1.165, 1.54) is 0 Å². The standard InChI is InChI=1S/C4H5N3O2S/c5-1-2-3(4(8)9)6-7-10-2/h1,5H2,(H,8,9). The Bertz CT molecular complexity index is 246. The van der Waals surface area contributed by atoms with Crippen molar-refractivity contribution in [2.75, 3.05) is 0 Å². The second kappa shape index (κ2) is 2.72. The van der Waals surface area contributed by atoms with E-state index in [9.17, 15) is 4.79 Å². The number of carboxylic acids is 1. The summed E-state index contributed by atoms with van der Waals surface area (Å²) in [6.45, 7) is 0.180. The number of hydrogen-bond donors (Lipinski definition) is 2. The fourth-order valence-electron chi connectivity index (χ4n) is 0.506. The van der Waals surface area contributed by atoms with Gasteiger partial charge in [0.25, 0.3) is 0 Å². The fraction of sp³-hybridized carbons (Fsp3) is 0.250. The molecule has 0 spiro atoms. The van der Waals surface area contributed by atoms with Gasteiger partial charge in [-0.15, -0.1) is 5.10 Å². The molecule has 0 aliphatic heterocycles. The Hall–Kier alpha value is -1.01. The zero-order valence-corrected chi connectivity index (χ0v) is 5.76. The summed E-state index contributed by atoms with van der Waals surface area (Å²) in [7, 11) is 0. The van der Waals surface area contributed by atoms with Crippen molar-refractivity contribution < 1.29 is 9.90 Å². The topological polar surface area (TPSA) is 89.1 Å². The van der Waals surface area contributed by atoms with Crippen molar-refractivity contribution in [1.29, 1.82) is 0 Å². The molecule has 0 atom stereocenters. The van der Waals surface area contributed by atoms with E-state index in [4.69, 9.17) is 10.8 Å². The van der Waals surface area contributed by atoms with Crippen LogP contribution in [-0.4, -0.2) is 20.7 Å². The van der Waals surface area contributed by atoms with Crippen molar-refractivity contribution in [1.82, 2.24) is 9.59 Å². The Kier molecular flexibility index (Phi) is 1.93. The number of aromatic carboxylic acids is 1. The molecule has 1 aromatic heterocycles. The predicted octanol–water partition coefficient (Wildman–Crippen LogP) is -0.305. The molecule has 0 aliphatic rings. The zero-order chi connectivity index (χ0) is 7.56. The van der Waals surface area contributed by atoms with Crippen molar-refractivity contribution in [3.63, 3.8) is 0 Å². The van der Waals surface area contributed by atoms with E-state index in [0.717, 1.165) is 11.5 Å². The molecule has 0 aliphatic carbocycles. The molecule has 0 saturated heterocycles. The number of aromatic nitrogens is 2. The number of nitrogens with two attached hydrogens (primary N) is 1. The van der Waals surface area contributed by atoms with Gasteiger partial charge in [0.2, 0.25) is 0 Å². The van der Waals surface area contributed by atoms with Crippen LogP contribution in [0, 0.1) is 0 Å². The summed E-state index contributed by atoms with van der Waals surface area (Å²) in [5, 5.41) is 11.8. The molecule has 10 heavy (non-hydrogen) atoms. The number of carbonyl (C=O) groups is 1. The first-order valence-electron chi connectivity index (χ1n) is 2.50. The van der Waals surface area contributed by atoms with Crippen molar-refractivity contribution in [2.24, 2.45) is 5.73 Å². The molecule has 0 saturated carbocycles. The fourth-order valence-corrected chi connectivity index (χ4v) is 1.02. The van der Waals surface area contributed by atoms with Gasteiger partial charge >= 0.3 is 5.97 Å². The highest BCUT2D eigenvalue weighted by molar-refractivity contribution is 7.05. The van der Waals surface area contributed by atoms with Gasteiger partial charge in [0.05, 0.1) is 4.88 Å². The van der Waals surface area contributed by atoms with Crippen LogP contribution in [0.25, 0.3) is 0 Å².